The Hall–Kier alpha value is -3.80. The maximum atomic E-state index is 13.0. The molecule has 0 aliphatic rings. The number of benzene rings is 2. The van der Waals surface area contributed by atoms with E-state index in [4.69, 9.17) is 9.47 Å². The van der Waals surface area contributed by atoms with E-state index in [9.17, 15) is 8.78 Å². The van der Waals surface area contributed by atoms with Gasteiger partial charge >= 0.3 is 6.61 Å². The molecule has 31 heavy (non-hydrogen) atoms. The molecule has 0 amide bonds. The molecule has 0 unspecified atom stereocenters. The molecule has 0 spiro atoms. The molecule has 6 heteroatoms. The Bertz CT molecular complexity index is 1120. The molecule has 4 aromatic rings. The number of hydrogen-bond acceptors (Lipinski definition) is 4. The second-order valence-electron chi connectivity index (χ2n) is 6.86. The van der Waals surface area contributed by atoms with Gasteiger partial charge in [-0.25, -0.2) is 4.98 Å². The molecule has 0 fully saturated rings. The molecule has 0 aliphatic carbocycles. The van der Waals surface area contributed by atoms with Gasteiger partial charge in [-0.15, -0.1) is 0 Å². The first-order chi connectivity index (χ1) is 15.2. The van der Waals surface area contributed by atoms with Crippen LogP contribution in [0.2, 0.25) is 0 Å². The van der Waals surface area contributed by atoms with Crippen LogP contribution < -0.4 is 9.47 Å². The Morgan fingerprint density at radius 2 is 1.61 bits per heavy atom. The number of rotatable bonds is 8. The summed E-state index contributed by atoms with van der Waals surface area (Å²) in [6.45, 7) is -2.54. The average Bonchev–Trinajstić information content (AvgIpc) is 2.80. The molecule has 156 valence electrons. The molecule has 0 bridgehead atoms. The number of nitrogens with zero attached hydrogens (tertiary/aromatic N) is 2. The zero-order chi connectivity index (χ0) is 21.5. The van der Waals surface area contributed by atoms with Crippen molar-refractivity contribution in [2.24, 2.45) is 0 Å². The lowest BCUT2D eigenvalue weighted by molar-refractivity contribution is -0.0496. The molecule has 0 saturated carbocycles. The quantitative estimate of drug-likeness (QED) is 0.357. The van der Waals surface area contributed by atoms with E-state index < -0.39 is 6.61 Å². The van der Waals surface area contributed by atoms with Crippen molar-refractivity contribution in [3.8, 4) is 22.8 Å². The third-order valence-electron chi connectivity index (χ3n) is 4.62. The lowest BCUT2D eigenvalue weighted by atomic mass is 10.1. The van der Waals surface area contributed by atoms with Gasteiger partial charge in [0.15, 0.2) is 5.75 Å². The highest BCUT2D eigenvalue weighted by atomic mass is 19.3. The van der Waals surface area contributed by atoms with Crippen molar-refractivity contribution >= 4 is 0 Å². The summed E-state index contributed by atoms with van der Waals surface area (Å²) in [4.78, 5) is 8.63. The van der Waals surface area contributed by atoms with E-state index in [1.807, 2.05) is 48.5 Å². The van der Waals surface area contributed by atoms with E-state index in [-0.39, 0.29) is 5.75 Å². The van der Waals surface area contributed by atoms with Crippen LogP contribution in [0.4, 0.5) is 8.78 Å². The molecule has 0 atom stereocenters. The summed E-state index contributed by atoms with van der Waals surface area (Å²) in [5.74, 6) is 0.638. The van der Waals surface area contributed by atoms with Crippen molar-refractivity contribution in [2.75, 3.05) is 0 Å². The molecule has 0 N–H and O–H groups in total. The molecule has 4 rings (SSSR count). The highest BCUT2D eigenvalue weighted by Crippen LogP contribution is 2.32. The Morgan fingerprint density at radius 1 is 0.806 bits per heavy atom. The first-order valence-electron chi connectivity index (χ1n) is 9.78. The van der Waals surface area contributed by atoms with Gasteiger partial charge in [-0.2, -0.15) is 8.78 Å². The summed E-state index contributed by atoms with van der Waals surface area (Å²) >= 11 is 0. The fourth-order valence-corrected chi connectivity index (χ4v) is 3.17. The van der Waals surface area contributed by atoms with Gasteiger partial charge in [-0.05, 0) is 47.5 Å². The lowest BCUT2D eigenvalue weighted by Crippen LogP contribution is -2.05. The van der Waals surface area contributed by atoms with Crippen LogP contribution >= 0.6 is 0 Å². The third kappa shape index (κ3) is 5.63. The molecule has 0 aliphatic heterocycles. The third-order valence-corrected chi connectivity index (χ3v) is 4.62. The summed E-state index contributed by atoms with van der Waals surface area (Å²) in [7, 11) is 0. The zero-order valence-electron chi connectivity index (χ0n) is 16.6. The second-order valence-corrected chi connectivity index (χ2v) is 6.86. The van der Waals surface area contributed by atoms with Crippen LogP contribution in [0.15, 0.2) is 91.3 Å². The number of hydrogen-bond donors (Lipinski definition) is 0. The maximum Gasteiger partial charge on any atom is 0.387 e. The van der Waals surface area contributed by atoms with Gasteiger partial charge in [0.2, 0.25) is 0 Å². The van der Waals surface area contributed by atoms with E-state index in [2.05, 4.69) is 9.97 Å². The van der Waals surface area contributed by atoms with Crippen molar-refractivity contribution in [3.63, 3.8) is 0 Å². The van der Waals surface area contributed by atoms with Crippen LogP contribution in [-0.2, 0) is 13.0 Å². The fourth-order valence-electron chi connectivity index (χ4n) is 3.17. The Kier molecular flexibility index (Phi) is 6.47. The van der Waals surface area contributed by atoms with Crippen LogP contribution in [0.3, 0.4) is 0 Å². The van der Waals surface area contributed by atoms with Crippen molar-refractivity contribution in [1.82, 2.24) is 9.97 Å². The Balaban J connectivity index is 1.62. The van der Waals surface area contributed by atoms with E-state index in [0.29, 0.717) is 30.0 Å². The number of pyridine rings is 2. The van der Waals surface area contributed by atoms with E-state index >= 15 is 0 Å². The van der Waals surface area contributed by atoms with Crippen molar-refractivity contribution < 1.29 is 18.3 Å². The lowest BCUT2D eigenvalue weighted by Gasteiger charge is -2.13. The summed E-state index contributed by atoms with van der Waals surface area (Å²) < 4.78 is 36.5. The molecule has 0 radical (unpaired) electrons. The number of aromatic nitrogens is 2. The van der Waals surface area contributed by atoms with Crippen LogP contribution in [0, 0.1) is 0 Å². The maximum absolute atomic E-state index is 13.0. The monoisotopic (exact) mass is 418 g/mol. The van der Waals surface area contributed by atoms with Crippen LogP contribution in [0.1, 0.15) is 16.8 Å². The molecule has 0 saturated heterocycles. The minimum Gasteiger partial charge on any atom is -0.489 e. The van der Waals surface area contributed by atoms with Crippen LogP contribution in [0.25, 0.3) is 11.3 Å². The highest BCUT2D eigenvalue weighted by molar-refractivity contribution is 5.68. The standard InChI is InChI=1S/C25H20F2N2O2/c26-25(27)31-23-10-9-21(15-18-11-13-28-14-12-18)29-24(23)20-7-4-8-22(16-20)30-17-19-5-2-1-3-6-19/h1-14,16,25H,15,17H2. The molecule has 2 aromatic heterocycles. The van der Waals surface area contributed by atoms with E-state index in [0.717, 1.165) is 16.8 Å². The van der Waals surface area contributed by atoms with Crippen molar-refractivity contribution in [2.45, 2.75) is 19.6 Å². The van der Waals surface area contributed by atoms with Crippen molar-refractivity contribution in [3.05, 3.63) is 108 Å². The second kappa shape index (κ2) is 9.80. The largest absolute Gasteiger partial charge is 0.489 e. The minimum absolute atomic E-state index is 0.0219. The SMILES string of the molecule is FC(F)Oc1ccc(Cc2ccncc2)nc1-c1cccc(OCc2ccccc2)c1. The van der Waals surface area contributed by atoms with Gasteiger partial charge in [0.1, 0.15) is 18.1 Å². The summed E-state index contributed by atoms with van der Waals surface area (Å²) in [6.07, 6.45) is 3.96. The smallest absolute Gasteiger partial charge is 0.387 e. The minimum atomic E-state index is -2.94. The van der Waals surface area contributed by atoms with Gasteiger partial charge in [-0.3, -0.25) is 4.98 Å². The predicted molar refractivity (Wildman–Crippen MR) is 114 cm³/mol. The van der Waals surface area contributed by atoms with E-state index in [1.54, 1.807) is 36.7 Å². The summed E-state index contributed by atoms with van der Waals surface area (Å²) in [5, 5.41) is 0. The molecular formula is C25H20F2N2O2. The average molecular weight is 418 g/mol. The fraction of sp³-hybridized carbons (Fsp3) is 0.120. The van der Waals surface area contributed by atoms with Gasteiger partial charge < -0.3 is 9.47 Å². The van der Waals surface area contributed by atoms with Gasteiger partial charge in [0.25, 0.3) is 0 Å². The number of alkyl halides is 2. The normalized spacial score (nSPS) is 10.8. The molecular weight excluding hydrogens is 398 g/mol. The Labute approximate surface area is 179 Å². The molecule has 4 nitrogen and oxygen atoms in total. The Morgan fingerprint density at radius 3 is 2.39 bits per heavy atom. The van der Waals surface area contributed by atoms with Crippen molar-refractivity contribution in [1.29, 1.82) is 0 Å². The molecule has 2 heterocycles. The van der Waals surface area contributed by atoms with Gasteiger partial charge in [-0.1, -0.05) is 42.5 Å². The predicted octanol–water partition coefficient (Wildman–Crippen LogP) is 5.91. The van der Waals surface area contributed by atoms with Gasteiger partial charge in [0.05, 0.1) is 0 Å². The van der Waals surface area contributed by atoms with Gasteiger partial charge in [0, 0.05) is 30.1 Å². The highest BCUT2D eigenvalue weighted by Gasteiger charge is 2.15. The number of halogens is 2. The summed E-state index contributed by atoms with van der Waals surface area (Å²) in [6, 6.07) is 24.0. The summed E-state index contributed by atoms with van der Waals surface area (Å²) in [5.41, 5.74) is 3.77. The van der Waals surface area contributed by atoms with E-state index in [1.165, 1.54) is 6.07 Å². The number of ether oxygens (including phenoxy) is 2. The topological polar surface area (TPSA) is 44.2 Å². The first-order valence-corrected chi connectivity index (χ1v) is 9.78. The van der Waals surface area contributed by atoms with Crippen LogP contribution in [-0.4, -0.2) is 16.6 Å². The molecule has 2 aromatic carbocycles. The zero-order valence-corrected chi connectivity index (χ0v) is 16.6. The first kappa shape index (κ1) is 20.5. The van der Waals surface area contributed by atoms with Crippen LogP contribution in [0.5, 0.6) is 11.5 Å².